The lowest BCUT2D eigenvalue weighted by Gasteiger charge is -2.24. The minimum Gasteiger partial charge on any atom is -0.324 e. The summed E-state index contributed by atoms with van der Waals surface area (Å²) in [5.41, 5.74) is 2.69. The predicted molar refractivity (Wildman–Crippen MR) is 68.2 cm³/mol. The maximum absolute atomic E-state index is 10.7. The number of rotatable bonds is 2. The van der Waals surface area contributed by atoms with Crippen LogP contribution in [0.2, 0.25) is 0 Å². The molecular formula is C15H17NO. The molecule has 0 spiro atoms. The molecule has 17 heavy (non-hydrogen) atoms. The van der Waals surface area contributed by atoms with Crippen LogP contribution in [-0.2, 0) is 4.79 Å². The van der Waals surface area contributed by atoms with E-state index in [-0.39, 0.29) is 0 Å². The highest BCUT2D eigenvalue weighted by atomic mass is 16.1. The largest absolute Gasteiger partial charge is 0.324 e. The lowest BCUT2D eigenvalue weighted by Crippen LogP contribution is -2.13. The Morgan fingerprint density at radius 3 is 2.71 bits per heavy atom. The van der Waals surface area contributed by atoms with Gasteiger partial charge in [-0.1, -0.05) is 6.07 Å². The molecule has 2 heterocycles. The SMILES string of the molecule is O=CC1CCC(c2cc3ccccn3c2)CC1. The van der Waals surface area contributed by atoms with Crippen LogP contribution in [0.25, 0.3) is 5.52 Å². The molecule has 0 bridgehead atoms. The van der Waals surface area contributed by atoms with Gasteiger partial charge in [0.15, 0.2) is 0 Å². The molecule has 1 aliphatic rings. The van der Waals surface area contributed by atoms with E-state index in [0.717, 1.165) is 32.0 Å². The molecular weight excluding hydrogens is 210 g/mol. The first-order valence-electron chi connectivity index (χ1n) is 6.39. The van der Waals surface area contributed by atoms with Crippen LogP contribution in [0, 0.1) is 5.92 Å². The number of aldehydes is 1. The van der Waals surface area contributed by atoms with Crippen LogP contribution >= 0.6 is 0 Å². The van der Waals surface area contributed by atoms with Crippen LogP contribution < -0.4 is 0 Å². The number of hydrogen-bond donors (Lipinski definition) is 0. The van der Waals surface area contributed by atoms with Crippen molar-refractivity contribution in [2.75, 3.05) is 0 Å². The van der Waals surface area contributed by atoms with Crippen molar-refractivity contribution in [1.82, 2.24) is 4.40 Å². The molecule has 1 fully saturated rings. The summed E-state index contributed by atoms with van der Waals surface area (Å²) in [6, 6.07) is 8.55. The highest BCUT2D eigenvalue weighted by Crippen LogP contribution is 2.35. The number of nitrogens with zero attached hydrogens (tertiary/aromatic N) is 1. The fourth-order valence-electron chi connectivity index (χ4n) is 2.89. The zero-order chi connectivity index (χ0) is 11.7. The van der Waals surface area contributed by atoms with E-state index in [2.05, 4.69) is 41.1 Å². The van der Waals surface area contributed by atoms with Crippen LogP contribution in [-0.4, -0.2) is 10.7 Å². The van der Waals surface area contributed by atoms with E-state index in [4.69, 9.17) is 0 Å². The third kappa shape index (κ3) is 1.99. The molecule has 0 N–H and O–H groups in total. The van der Waals surface area contributed by atoms with Gasteiger partial charge in [0.25, 0.3) is 0 Å². The molecule has 0 amide bonds. The van der Waals surface area contributed by atoms with Gasteiger partial charge in [-0.2, -0.15) is 0 Å². The van der Waals surface area contributed by atoms with Gasteiger partial charge in [-0.3, -0.25) is 0 Å². The zero-order valence-electron chi connectivity index (χ0n) is 9.88. The normalized spacial score (nSPS) is 24.9. The Morgan fingerprint density at radius 2 is 2.00 bits per heavy atom. The van der Waals surface area contributed by atoms with Crippen molar-refractivity contribution in [3.63, 3.8) is 0 Å². The average molecular weight is 227 g/mol. The van der Waals surface area contributed by atoms with Gasteiger partial charge in [0.2, 0.25) is 0 Å². The monoisotopic (exact) mass is 227 g/mol. The summed E-state index contributed by atoms with van der Waals surface area (Å²) in [6.07, 6.45) is 9.88. The molecule has 2 aromatic rings. The molecule has 2 heteroatoms. The number of carbonyl (C=O) groups is 1. The minimum atomic E-state index is 0.309. The van der Waals surface area contributed by atoms with Gasteiger partial charge >= 0.3 is 0 Å². The summed E-state index contributed by atoms with van der Waals surface area (Å²) >= 11 is 0. The topological polar surface area (TPSA) is 21.5 Å². The summed E-state index contributed by atoms with van der Waals surface area (Å²) in [5.74, 6) is 0.953. The third-order valence-corrected chi connectivity index (χ3v) is 3.96. The average Bonchev–Trinajstić information content (AvgIpc) is 2.82. The van der Waals surface area contributed by atoms with E-state index in [1.54, 1.807) is 0 Å². The van der Waals surface area contributed by atoms with Crippen molar-refractivity contribution < 1.29 is 4.79 Å². The predicted octanol–water partition coefficient (Wildman–Crippen LogP) is 3.41. The highest BCUT2D eigenvalue weighted by molar-refractivity contribution is 5.54. The molecule has 0 saturated heterocycles. The van der Waals surface area contributed by atoms with Crippen molar-refractivity contribution >= 4 is 11.8 Å². The molecule has 3 rings (SSSR count). The Hall–Kier alpha value is -1.57. The quantitative estimate of drug-likeness (QED) is 0.720. The zero-order valence-corrected chi connectivity index (χ0v) is 9.88. The molecule has 0 atom stereocenters. The Balaban J connectivity index is 1.82. The molecule has 0 aromatic carbocycles. The second kappa shape index (κ2) is 4.36. The molecule has 88 valence electrons. The Morgan fingerprint density at radius 1 is 1.18 bits per heavy atom. The van der Waals surface area contributed by atoms with Gasteiger partial charge in [-0.25, -0.2) is 0 Å². The molecule has 0 unspecified atom stereocenters. The standard InChI is InChI=1S/C15H17NO/c17-11-12-4-6-13(7-5-12)14-9-15-3-1-2-8-16(15)10-14/h1-3,8-13H,4-7H2. The van der Waals surface area contributed by atoms with E-state index >= 15 is 0 Å². The lowest BCUT2D eigenvalue weighted by molar-refractivity contribution is -0.111. The van der Waals surface area contributed by atoms with E-state index < -0.39 is 0 Å². The molecule has 2 aromatic heterocycles. The first kappa shape index (κ1) is 10.6. The second-order valence-electron chi connectivity index (χ2n) is 5.05. The third-order valence-electron chi connectivity index (χ3n) is 3.96. The number of pyridine rings is 1. The second-order valence-corrected chi connectivity index (χ2v) is 5.05. The fourth-order valence-corrected chi connectivity index (χ4v) is 2.89. The Labute approximate surface area is 101 Å². The minimum absolute atomic E-state index is 0.309. The fraction of sp³-hybridized carbons (Fsp3) is 0.400. The van der Waals surface area contributed by atoms with Crippen molar-refractivity contribution in [3.8, 4) is 0 Å². The van der Waals surface area contributed by atoms with Gasteiger partial charge in [0.1, 0.15) is 6.29 Å². The van der Waals surface area contributed by atoms with Crippen LogP contribution in [0.4, 0.5) is 0 Å². The van der Waals surface area contributed by atoms with E-state index in [1.165, 1.54) is 11.1 Å². The molecule has 0 radical (unpaired) electrons. The summed E-state index contributed by atoms with van der Waals surface area (Å²) in [5, 5.41) is 0. The smallest absolute Gasteiger partial charge is 0.123 e. The van der Waals surface area contributed by atoms with Crippen molar-refractivity contribution in [3.05, 3.63) is 42.2 Å². The molecule has 1 saturated carbocycles. The maximum Gasteiger partial charge on any atom is 0.123 e. The maximum atomic E-state index is 10.7. The highest BCUT2D eigenvalue weighted by Gasteiger charge is 2.22. The molecule has 2 nitrogen and oxygen atoms in total. The van der Waals surface area contributed by atoms with Crippen molar-refractivity contribution in [2.24, 2.45) is 5.92 Å². The number of hydrogen-bond acceptors (Lipinski definition) is 1. The van der Waals surface area contributed by atoms with Gasteiger partial charge in [0, 0.05) is 23.8 Å². The van der Waals surface area contributed by atoms with E-state index in [1.807, 2.05) is 0 Å². The van der Waals surface area contributed by atoms with E-state index in [9.17, 15) is 4.79 Å². The summed E-state index contributed by atoms with van der Waals surface area (Å²) in [7, 11) is 0. The first-order valence-corrected chi connectivity index (χ1v) is 6.39. The van der Waals surface area contributed by atoms with Gasteiger partial charge in [-0.05, 0) is 55.4 Å². The van der Waals surface area contributed by atoms with Gasteiger partial charge in [-0.15, -0.1) is 0 Å². The van der Waals surface area contributed by atoms with Gasteiger partial charge in [0.05, 0.1) is 0 Å². The summed E-state index contributed by atoms with van der Waals surface area (Å²) in [4.78, 5) is 10.7. The van der Waals surface area contributed by atoms with Gasteiger partial charge < -0.3 is 9.20 Å². The lowest BCUT2D eigenvalue weighted by atomic mass is 9.80. The number of fused-ring (bicyclic) bond motifs is 1. The molecule has 0 aliphatic heterocycles. The van der Waals surface area contributed by atoms with Crippen LogP contribution in [0.15, 0.2) is 36.7 Å². The van der Waals surface area contributed by atoms with E-state index in [0.29, 0.717) is 11.8 Å². The Kier molecular flexibility index (Phi) is 2.71. The Bertz CT molecular complexity index is 487. The summed E-state index contributed by atoms with van der Waals surface area (Å²) < 4.78 is 2.18. The van der Waals surface area contributed by atoms with Crippen LogP contribution in [0.1, 0.15) is 37.2 Å². The number of aromatic nitrogens is 1. The molecule has 1 aliphatic carbocycles. The summed E-state index contributed by atoms with van der Waals surface area (Å²) in [6.45, 7) is 0. The number of carbonyl (C=O) groups excluding carboxylic acids is 1. The van der Waals surface area contributed by atoms with Crippen molar-refractivity contribution in [1.29, 1.82) is 0 Å². The van der Waals surface area contributed by atoms with Crippen molar-refractivity contribution in [2.45, 2.75) is 31.6 Å². The van der Waals surface area contributed by atoms with Crippen LogP contribution in [0.3, 0.4) is 0 Å². The van der Waals surface area contributed by atoms with Crippen LogP contribution in [0.5, 0.6) is 0 Å². The first-order chi connectivity index (χ1) is 8.36.